The van der Waals surface area contributed by atoms with Crippen molar-refractivity contribution in [3.05, 3.63) is 113 Å². The van der Waals surface area contributed by atoms with Crippen molar-refractivity contribution in [2.75, 3.05) is 6.54 Å². The fourth-order valence-corrected chi connectivity index (χ4v) is 3.64. The number of carboxylic acid groups (broad SMARTS) is 2. The summed E-state index contributed by atoms with van der Waals surface area (Å²) >= 11 is 6.06. The van der Waals surface area contributed by atoms with Crippen LogP contribution >= 0.6 is 11.6 Å². The molecule has 2 unspecified atom stereocenters. The number of aromatic nitrogens is 1. The van der Waals surface area contributed by atoms with Crippen LogP contribution in [0.2, 0.25) is 5.02 Å². The van der Waals surface area contributed by atoms with Gasteiger partial charge in [-0.05, 0) is 48.4 Å². The second-order valence-electron chi connectivity index (χ2n) is 7.83. The van der Waals surface area contributed by atoms with E-state index in [-0.39, 0.29) is 0 Å². The first-order valence-corrected chi connectivity index (χ1v) is 11.4. The lowest BCUT2D eigenvalue weighted by Crippen LogP contribution is -2.89. The Hall–Kier alpha value is -3.48. The van der Waals surface area contributed by atoms with Crippen molar-refractivity contribution >= 4 is 23.5 Å². The van der Waals surface area contributed by atoms with Gasteiger partial charge in [0.25, 0.3) is 0 Å². The number of hydrogen-bond donors (Lipinski definition) is 2. The van der Waals surface area contributed by atoms with Crippen molar-refractivity contribution in [2.45, 2.75) is 31.7 Å². The Kier molecular flexibility index (Phi) is 11.5. The predicted molar refractivity (Wildman–Crippen MR) is 130 cm³/mol. The number of nitrogens with two attached hydrogens (primary N) is 1. The third-order valence-corrected chi connectivity index (χ3v) is 5.36. The van der Waals surface area contributed by atoms with Gasteiger partial charge in [-0.1, -0.05) is 60.1 Å². The van der Waals surface area contributed by atoms with Crippen LogP contribution < -0.4 is 10.4 Å². The summed E-state index contributed by atoms with van der Waals surface area (Å²) in [5.41, 5.74) is 3.80. The van der Waals surface area contributed by atoms with Crippen LogP contribution in [0.3, 0.4) is 0 Å². The van der Waals surface area contributed by atoms with Crippen molar-refractivity contribution in [1.82, 2.24) is 4.98 Å². The third kappa shape index (κ3) is 10.4. The molecule has 0 fully saturated rings. The number of hydrogen-bond acceptors (Lipinski definition) is 4. The van der Waals surface area contributed by atoms with Gasteiger partial charge in [0.05, 0.1) is 18.6 Å². The molecule has 3 N–H and O–H groups in total. The smallest absolute Gasteiger partial charge is 0.328 e. The van der Waals surface area contributed by atoms with Gasteiger partial charge in [-0.3, -0.25) is 4.98 Å². The summed E-state index contributed by atoms with van der Waals surface area (Å²) in [6.07, 6.45) is 4.96. The summed E-state index contributed by atoms with van der Waals surface area (Å²) < 4.78 is 0. The molecule has 0 amide bonds. The Morgan fingerprint density at radius 1 is 1.03 bits per heavy atom. The van der Waals surface area contributed by atoms with Crippen molar-refractivity contribution < 1.29 is 25.1 Å². The second kappa shape index (κ2) is 14.6. The van der Waals surface area contributed by atoms with Crippen LogP contribution in [0.5, 0.6) is 0 Å². The summed E-state index contributed by atoms with van der Waals surface area (Å²) in [5.74, 6) is -2.50. The van der Waals surface area contributed by atoms with E-state index >= 15 is 0 Å². The number of benzene rings is 2. The summed E-state index contributed by atoms with van der Waals surface area (Å²) in [6.45, 7) is 3.36. The molecule has 0 aliphatic carbocycles. The lowest BCUT2D eigenvalue weighted by molar-refractivity contribution is -0.686. The summed E-state index contributed by atoms with van der Waals surface area (Å²) in [5, 5.41) is 20.4. The van der Waals surface area contributed by atoms with Gasteiger partial charge >= 0.3 is 5.97 Å². The van der Waals surface area contributed by atoms with E-state index in [0.29, 0.717) is 24.1 Å². The Balaban J connectivity index is 0.000000440. The number of nitrogens with zero attached hydrogens (tertiary/aromatic N) is 1. The number of carboxylic acids is 2. The van der Waals surface area contributed by atoms with Gasteiger partial charge in [0, 0.05) is 41.7 Å². The zero-order chi connectivity index (χ0) is 24.8. The molecule has 0 aliphatic rings. The molecule has 0 aliphatic heterocycles. The molecular formula is C27H29ClN2O4. The number of halogens is 1. The largest absolute Gasteiger partial charge is 0.545 e. The van der Waals surface area contributed by atoms with Crippen LogP contribution in [-0.2, 0) is 16.0 Å². The molecule has 0 bridgehead atoms. The van der Waals surface area contributed by atoms with Gasteiger partial charge in [-0.2, -0.15) is 0 Å². The van der Waals surface area contributed by atoms with Gasteiger partial charge < -0.3 is 20.3 Å². The highest BCUT2D eigenvalue weighted by molar-refractivity contribution is 6.30. The maximum Gasteiger partial charge on any atom is 0.328 e. The van der Waals surface area contributed by atoms with Crippen molar-refractivity contribution in [3.63, 3.8) is 0 Å². The average molecular weight is 481 g/mol. The molecule has 6 nitrogen and oxygen atoms in total. The van der Waals surface area contributed by atoms with Crippen LogP contribution in [0.25, 0.3) is 0 Å². The monoisotopic (exact) mass is 480 g/mol. The Labute approximate surface area is 204 Å². The highest BCUT2D eigenvalue weighted by atomic mass is 35.5. The molecule has 2 aromatic carbocycles. The zero-order valence-electron chi connectivity index (χ0n) is 19.0. The van der Waals surface area contributed by atoms with Gasteiger partial charge in [0.1, 0.15) is 0 Å². The summed E-state index contributed by atoms with van der Waals surface area (Å²) in [6, 6.07) is 25.6. The first kappa shape index (κ1) is 26.8. The zero-order valence-corrected chi connectivity index (χ0v) is 19.8. The molecule has 1 aromatic heterocycles. The highest BCUT2D eigenvalue weighted by Crippen LogP contribution is 2.26. The molecule has 2 atom stereocenters. The minimum atomic E-state index is -1.51. The van der Waals surface area contributed by atoms with Crippen LogP contribution in [0, 0.1) is 0 Å². The van der Waals surface area contributed by atoms with Crippen molar-refractivity contribution in [1.29, 1.82) is 0 Å². The molecular weight excluding hydrogens is 452 g/mol. The quantitative estimate of drug-likeness (QED) is 0.434. The molecule has 0 spiro atoms. The first-order chi connectivity index (χ1) is 16.3. The number of carbonyl (C=O) groups excluding carboxylic acids is 1. The standard InChI is InChI=1S/C23H25ClN2.C4H4O4/c1-18(17-19-7-3-2-4-8-19)25-16-14-22(23-9-5-6-15-26-23)20-10-12-21(24)13-11-20;5-3(6)1-2-4(7)8/h2-13,15,18,22,25H,14,16-17H2,1H3;1-2H,(H,5,6)(H,7,8)/b;2-1+. The van der Waals surface area contributed by atoms with E-state index in [0.717, 1.165) is 30.1 Å². The maximum absolute atomic E-state index is 9.53. The van der Waals surface area contributed by atoms with Gasteiger partial charge in [-0.25, -0.2) is 4.79 Å². The van der Waals surface area contributed by atoms with E-state index in [1.807, 2.05) is 24.4 Å². The van der Waals surface area contributed by atoms with E-state index in [4.69, 9.17) is 16.7 Å². The molecule has 0 saturated heterocycles. The van der Waals surface area contributed by atoms with Crippen molar-refractivity contribution in [3.8, 4) is 0 Å². The van der Waals surface area contributed by atoms with E-state index < -0.39 is 11.9 Å². The SMILES string of the molecule is CC(Cc1ccccc1)[NH2+]CCC(c1ccc(Cl)cc1)c1ccccn1.O=C([O-])/C=C/C(=O)O. The summed E-state index contributed by atoms with van der Waals surface area (Å²) in [4.78, 5) is 23.6. The Bertz CT molecular complexity index is 1030. The van der Waals surface area contributed by atoms with Gasteiger partial charge in [0.2, 0.25) is 0 Å². The minimum Gasteiger partial charge on any atom is -0.545 e. The first-order valence-electron chi connectivity index (χ1n) is 11.0. The molecule has 3 aromatic rings. The van der Waals surface area contributed by atoms with E-state index in [1.165, 1.54) is 11.1 Å². The second-order valence-corrected chi connectivity index (χ2v) is 8.27. The normalized spacial score (nSPS) is 12.4. The Morgan fingerprint density at radius 2 is 1.71 bits per heavy atom. The Morgan fingerprint density at radius 3 is 2.26 bits per heavy atom. The molecule has 7 heteroatoms. The van der Waals surface area contributed by atoms with Crippen LogP contribution in [0.4, 0.5) is 0 Å². The number of quaternary nitrogens is 1. The third-order valence-electron chi connectivity index (χ3n) is 5.10. The maximum atomic E-state index is 9.53. The summed E-state index contributed by atoms with van der Waals surface area (Å²) in [7, 11) is 0. The van der Waals surface area contributed by atoms with E-state index in [2.05, 4.69) is 71.8 Å². The molecule has 3 rings (SSSR count). The van der Waals surface area contributed by atoms with Crippen LogP contribution in [0.1, 0.15) is 36.1 Å². The lowest BCUT2D eigenvalue weighted by atomic mass is 9.92. The molecule has 0 saturated carbocycles. The number of carbonyl (C=O) groups is 2. The van der Waals surface area contributed by atoms with Crippen LogP contribution in [-0.4, -0.2) is 34.6 Å². The molecule has 34 heavy (non-hydrogen) atoms. The number of rotatable bonds is 10. The molecule has 178 valence electrons. The lowest BCUT2D eigenvalue weighted by Gasteiger charge is -2.18. The van der Waals surface area contributed by atoms with Gasteiger partial charge in [0.15, 0.2) is 0 Å². The number of pyridine rings is 1. The topological polar surface area (TPSA) is 107 Å². The van der Waals surface area contributed by atoms with E-state index in [9.17, 15) is 14.7 Å². The van der Waals surface area contributed by atoms with Crippen molar-refractivity contribution in [2.24, 2.45) is 0 Å². The fourth-order valence-electron chi connectivity index (χ4n) is 3.52. The number of aliphatic carboxylic acids is 2. The van der Waals surface area contributed by atoms with E-state index in [1.54, 1.807) is 0 Å². The average Bonchev–Trinajstić information content (AvgIpc) is 2.83. The molecule has 0 radical (unpaired) electrons. The highest BCUT2D eigenvalue weighted by Gasteiger charge is 2.17. The predicted octanol–water partition coefficient (Wildman–Crippen LogP) is 2.83. The fraction of sp³-hybridized carbons (Fsp3) is 0.222. The van der Waals surface area contributed by atoms with Crippen LogP contribution in [0.15, 0.2) is 91.1 Å². The van der Waals surface area contributed by atoms with Gasteiger partial charge in [-0.15, -0.1) is 0 Å². The molecule has 1 heterocycles. The minimum absolute atomic E-state index is 0.300.